The highest BCUT2D eigenvalue weighted by Crippen LogP contribution is 2.59. The summed E-state index contributed by atoms with van der Waals surface area (Å²) in [5.41, 5.74) is 0.0931. The Morgan fingerprint density at radius 1 is 1.02 bits per heavy atom. The molecule has 55 heavy (non-hydrogen) atoms. The van der Waals surface area contributed by atoms with Gasteiger partial charge < -0.3 is 34.4 Å². The average Bonchev–Trinajstić information content (AvgIpc) is 3.85. The zero-order valence-corrected chi connectivity index (χ0v) is 31.6. The number of hydrogen-bond donors (Lipinski definition) is 2. The van der Waals surface area contributed by atoms with Crippen molar-refractivity contribution in [1.29, 1.82) is 0 Å². The summed E-state index contributed by atoms with van der Waals surface area (Å²) in [5, 5.41) is 14.3. The minimum atomic E-state index is -1.24. The number of rotatable bonds is 20. The zero-order valence-electron chi connectivity index (χ0n) is 31.6. The molecular formula is C44H53N3O8. The van der Waals surface area contributed by atoms with Crippen LogP contribution in [0, 0.1) is 11.8 Å². The number of unbranched alkanes of at least 4 members (excludes halogenated alkanes) is 3. The van der Waals surface area contributed by atoms with Gasteiger partial charge in [0.15, 0.2) is 0 Å². The van der Waals surface area contributed by atoms with Crippen molar-refractivity contribution in [2.75, 3.05) is 38.3 Å². The second-order valence-corrected chi connectivity index (χ2v) is 14.7. The third-order valence-electron chi connectivity index (χ3n) is 11.2. The number of amides is 3. The number of carbonyl (C=O) groups excluding carboxylic acids is 4. The van der Waals surface area contributed by atoms with Crippen molar-refractivity contribution in [1.82, 2.24) is 10.2 Å². The summed E-state index contributed by atoms with van der Waals surface area (Å²) < 4.78 is 18.6. The molecule has 3 amide bonds. The van der Waals surface area contributed by atoms with Gasteiger partial charge in [-0.05, 0) is 60.6 Å². The van der Waals surface area contributed by atoms with E-state index in [0.29, 0.717) is 49.9 Å². The van der Waals surface area contributed by atoms with Crippen LogP contribution >= 0.6 is 0 Å². The van der Waals surface area contributed by atoms with Crippen LogP contribution in [-0.4, -0.2) is 90.9 Å². The van der Waals surface area contributed by atoms with E-state index < -0.39 is 47.7 Å². The number of hydrogen-bond acceptors (Lipinski definition) is 8. The van der Waals surface area contributed by atoms with Crippen molar-refractivity contribution < 1.29 is 38.5 Å². The topological polar surface area (TPSA) is 135 Å². The number of likely N-dealkylation sites (tertiary alicyclic amines) is 1. The lowest BCUT2D eigenvalue weighted by Gasteiger charge is -2.37. The van der Waals surface area contributed by atoms with Crippen LogP contribution in [0.1, 0.15) is 63.0 Å². The van der Waals surface area contributed by atoms with Crippen LogP contribution in [0.4, 0.5) is 5.69 Å². The first kappa shape index (κ1) is 39.8. The largest absolute Gasteiger partial charge is 0.455 e. The average molecular weight is 752 g/mol. The van der Waals surface area contributed by atoms with Gasteiger partial charge in [-0.1, -0.05) is 85.7 Å². The molecule has 1 spiro atoms. The first-order chi connectivity index (χ1) is 26.8. The Kier molecular flexibility index (Phi) is 13.2. The summed E-state index contributed by atoms with van der Waals surface area (Å²) in [4.78, 5) is 60.7. The summed E-state index contributed by atoms with van der Waals surface area (Å²) in [6, 6.07) is 21.2. The summed E-state index contributed by atoms with van der Waals surface area (Å²) in [6.07, 6.45) is 6.20. The molecule has 11 heteroatoms. The van der Waals surface area contributed by atoms with Crippen LogP contribution in [-0.2, 0) is 33.4 Å². The van der Waals surface area contributed by atoms with Gasteiger partial charge in [-0.2, -0.15) is 0 Å². The molecule has 0 saturated carbocycles. The predicted octanol–water partition coefficient (Wildman–Crippen LogP) is 5.67. The van der Waals surface area contributed by atoms with Gasteiger partial charge in [0.25, 0.3) is 5.91 Å². The number of nitrogens with one attached hydrogen (secondary N) is 1. The fraction of sp³-hybridized carbons (Fsp3) is 0.455. The van der Waals surface area contributed by atoms with E-state index in [1.54, 1.807) is 22.0 Å². The summed E-state index contributed by atoms with van der Waals surface area (Å²) >= 11 is 0. The van der Waals surface area contributed by atoms with Crippen molar-refractivity contribution in [2.24, 2.45) is 11.8 Å². The highest BCUT2D eigenvalue weighted by molar-refractivity contribution is 6.05. The molecule has 2 bridgehead atoms. The van der Waals surface area contributed by atoms with Gasteiger partial charge in [0, 0.05) is 38.9 Å². The first-order valence-electron chi connectivity index (χ1n) is 19.4. The number of nitrogens with zero attached hydrogens (tertiary/aromatic N) is 2. The Morgan fingerprint density at radius 2 is 1.76 bits per heavy atom. The van der Waals surface area contributed by atoms with E-state index in [4.69, 9.17) is 14.2 Å². The maximum absolute atomic E-state index is 15.1. The zero-order chi connectivity index (χ0) is 39.0. The van der Waals surface area contributed by atoms with Crippen molar-refractivity contribution in [3.05, 3.63) is 104 Å². The predicted molar refractivity (Wildman–Crippen MR) is 210 cm³/mol. The molecule has 0 aliphatic carbocycles. The molecule has 3 fully saturated rings. The van der Waals surface area contributed by atoms with Crippen LogP contribution in [0.3, 0.4) is 0 Å². The fourth-order valence-corrected chi connectivity index (χ4v) is 8.76. The highest BCUT2D eigenvalue weighted by Gasteiger charge is 2.75. The number of benzene rings is 3. The van der Waals surface area contributed by atoms with Gasteiger partial charge >= 0.3 is 5.97 Å². The van der Waals surface area contributed by atoms with Crippen LogP contribution in [0.5, 0.6) is 0 Å². The first-order valence-corrected chi connectivity index (χ1v) is 19.4. The normalized spacial score (nSPS) is 23.6. The van der Waals surface area contributed by atoms with Gasteiger partial charge in [-0.3, -0.25) is 19.2 Å². The number of methoxy groups -OCH3 is 1. The van der Waals surface area contributed by atoms with E-state index in [1.807, 2.05) is 72.8 Å². The summed E-state index contributed by atoms with van der Waals surface area (Å²) in [6.45, 7) is 8.31. The van der Waals surface area contributed by atoms with E-state index in [1.165, 1.54) is 7.11 Å². The molecule has 3 aromatic carbocycles. The molecule has 292 valence electrons. The summed E-state index contributed by atoms with van der Waals surface area (Å²) in [7, 11) is 1.51. The standard InChI is InChI=1S/C44H53N3O8/c1-4-6-20-36(49)45-34(29-53-3)39(31-17-10-9-11-18-31)54-43(52)37-35-23-24-44(55-35)38(37)41(50)47(26-14-7-8-15-27-48)40(44)42(51)46(25-5-2)33-22-21-30-16-12-13-19-32(30)28-33/h4-5,9-13,16-19,21-22,28,34-35,37-40,48H,1-2,6-8,14-15,20,23-27,29H2,3H3,(H,45,49)/t34-,35+,37-,38-,39-,40+,44-/m1/s1. The van der Waals surface area contributed by atoms with Crippen molar-refractivity contribution >= 4 is 40.2 Å². The quantitative estimate of drug-likeness (QED) is 0.0858. The van der Waals surface area contributed by atoms with Gasteiger partial charge in [-0.25, -0.2) is 0 Å². The Balaban J connectivity index is 1.33. The van der Waals surface area contributed by atoms with Gasteiger partial charge in [-0.15, -0.1) is 13.2 Å². The molecule has 0 radical (unpaired) electrons. The number of esters is 1. The minimum absolute atomic E-state index is 0.0676. The third kappa shape index (κ3) is 8.24. The molecule has 0 aromatic heterocycles. The summed E-state index contributed by atoms with van der Waals surface area (Å²) in [5.74, 6) is -3.35. The molecule has 3 aliphatic rings. The Hall–Kier alpha value is -4.84. The molecule has 0 unspecified atom stereocenters. The van der Waals surface area contributed by atoms with E-state index in [9.17, 15) is 19.5 Å². The Morgan fingerprint density at radius 3 is 2.49 bits per heavy atom. The maximum Gasteiger partial charge on any atom is 0.313 e. The molecule has 3 aromatic rings. The molecule has 2 N–H and O–H groups in total. The second-order valence-electron chi connectivity index (χ2n) is 14.7. The van der Waals surface area contributed by atoms with E-state index in [-0.39, 0.29) is 43.9 Å². The SMILES string of the molecule is C=CCCC(=O)N[C@H](COC)[C@H](OC(=O)[C@@H]1[C@@H]2CC[C@]3(O2)[C@H](C(=O)N(CC=C)c2ccc4ccccc4c2)N(CCCCCCO)C(=O)[C@@H]13)c1ccccc1. The Bertz CT molecular complexity index is 1850. The van der Waals surface area contributed by atoms with E-state index in [2.05, 4.69) is 18.5 Å². The second kappa shape index (κ2) is 18.2. The van der Waals surface area contributed by atoms with E-state index in [0.717, 1.165) is 23.6 Å². The molecule has 11 nitrogen and oxygen atoms in total. The number of fused-ring (bicyclic) bond motifs is 2. The lowest BCUT2D eigenvalue weighted by atomic mass is 9.70. The monoisotopic (exact) mass is 751 g/mol. The van der Waals surface area contributed by atoms with Crippen molar-refractivity contribution in [2.45, 2.75) is 81.3 Å². The number of carbonyl (C=O) groups is 4. The molecule has 6 rings (SSSR count). The number of anilines is 1. The number of aliphatic hydroxyl groups is 1. The molecular weight excluding hydrogens is 698 g/mol. The lowest BCUT2D eigenvalue weighted by molar-refractivity contribution is -0.163. The Labute approximate surface area is 323 Å². The van der Waals surface area contributed by atoms with Crippen LogP contribution in [0.15, 0.2) is 98.1 Å². The smallest absolute Gasteiger partial charge is 0.313 e. The van der Waals surface area contributed by atoms with Crippen molar-refractivity contribution in [3.8, 4) is 0 Å². The number of aliphatic hydroxyl groups excluding tert-OH is 1. The van der Waals surface area contributed by atoms with Crippen molar-refractivity contribution in [3.63, 3.8) is 0 Å². The molecule has 3 aliphatic heterocycles. The minimum Gasteiger partial charge on any atom is -0.455 e. The number of ether oxygens (including phenoxy) is 3. The third-order valence-corrected chi connectivity index (χ3v) is 11.2. The molecule has 3 saturated heterocycles. The number of allylic oxidation sites excluding steroid dienone is 1. The van der Waals surface area contributed by atoms with Gasteiger partial charge in [0.05, 0.1) is 30.6 Å². The van der Waals surface area contributed by atoms with Crippen LogP contribution in [0.25, 0.3) is 10.8 Å². The lowest BCUT2D eigenvalue weighted by Crippen LogP contribution is -2.56. The van der Waals surface area contributed by atoms with Gasteiger partial charge in [0.1, 0.15) is 17.7 Å². The molecule has 7 atom stereocenters. The highest BCUT2D eigenvalue weighted by atomic mass is 16.6. The van der Waals surface area contributed by atoms with Crippen LogP contribution < -0.4 is 10.2 Å². The molecule has 3 heterocycles. The van der Waals surface area contributed by atoms with Gasteiger partial charge in [0.2, 0.25) is 11.8 Å². The maximum atomic E-state index is 15.1. The van der Waals surface area contributed by atoms with E-state index >= 15 is 4.79 Å². The van der Waals surface area contributed by atoms with Crippen LogP contribution in [0.2, 0.25) is 0 Å². The fourth-order valence-electron chi connectivity index (χ4n) is 8.76.